The number of allylic oxidation sites excluding steroid dienone is 3. The third kappa shape index (κ3) is 1.96. The van der Waals surface area contributed by atoms with Crippen molar-refractivity contribution in [3.8, 4) is 0 Å². The molecule has 2 heteroatoms. The van der Waals surface area contributed by atoms with Crippen molar-refractivity contribution >= 4 is 28.2 Å². The van der Waals surface area contributed by atoms with Crippen LogP contribution in [-0.2, 0) is 0 Å². The molecule has 1 aliphatic carbocycles. The molecule has 1 fully saturated rings. The summed E-state index contributed by atoms with van der Waals surface area (Å²) in [6, 6.07) is 0. The Morgan fingerprint density at radius 2 is 2.14 bits per heavy atom. The van der Waals surface area contributed by atoms with Crippen LogP contribution in [-0.4, -0.2) is 9.45 Å². The van der Waals surface area contributed by atoms with Crippen molar-refractivity contribution in [2.45, 2.75) is 32.4 Å². The molecule has 0 spiro atoms. The van der Waals surface area contributed by atoms with Gasteiger partial charge in [-0.3, -0.25) is 0 Å². The van der Waals surface area contributed by atoms with Crippen molar-refractivity contribution in [3.05, 3.63) is 23.8 Å². The van der Waals surface area contributed by atoms with Crippen LogP contribution in [0.4, 0.5) is 0 Å². The predicted octanol–water partition coefficient (Wildman–Crippen LogP) is 3.98. The van der Waals surface area contributed by atoms with E-state index in [0.29, 0.717) is 11.2 Å². The molecule has 2 aliphatic rings. The van der Waals surface area contributed by atoms with Gasteiger partial charge in [-0.2, -0.15) is 0 Å². The Balaban J connectivity index is 2.23. The van der Waals surface area contributed by atoms with Gasteiger partial charge in [0.2, 0.25) is 0 Å². The fraction of sp³-hybridized carbons (Fsp3) is 0.583. The molecule has 0 aromatic carbocycles. The fourth-order valence-electron chi connectivity index (χ4n) is 1.89. The Hall–Kier alpha value is -0.0800. The standard InChI is InChI=1S/C12H16S2/c1-12(2,3)9-5-4-8-6-11(13)14-10(8)7-9/h4-5,7-8,10H,6H2,1-3H3. The molecule has 2 atom stereocenters. The van der Waals surface area contributed by atoms with E-state index in [9.17, 15) is 0 Å². The van der Waals surface area contributed by atoms with Gasteiger partial charge in [0.15, 0.2) is 0 Å². The van der Waals surface area contributed by atoms with E-state index in [1.165, 1.54) is 9.77 Å². The second-order valence-electron chi connectivity index (χ2n) is 5.05. The van der Waals surface area contributed by atoms with E-state index in [1.54, 1.807) is 0 Å². The van der Waals surface area contributed by atoms with Crippen LogP contribution in [0.2, 0.25) is 0 Å². The molecule has 1 aliphatic heterocycles. The van der Waals surface area contributed by atoms with E-state index in [0.717, 1.165) is 6.42 Å². The number of rotatable bonds is 0. The first kappa shape index (κ1) is 10.4. The molecule has 0 aromatic heterocycles. The van der Waals surface area contributed by atoms with Gasteiger partial charge in [0.05, 0.1) is 0 Å². The quantitative estimate of drug-likeness (QED) is 0.571. The Kier molecular flexibility index (Phi) is 2.61. The summed E-state index contributed by atoms with van der Waals surface area (Å²) >= 11 is 7.14. The van der Waals surface area contributed by atoms with E-state index in [4.69, 9.17) is 12.2 Å². The fourth-order valence-corrected chi connectivity index (χ4v) is 3.59. The minimum atomic E-state index is 0.270. The summed E-state index contributed by atoms with van der Waals surface area (Å²) in [5, 5.41) is 0.613. The average molecular weight is 224 g/mol. The van der Waals surface area contributed by atoms with Gasteiger partial charge in [-0.1, -0.05) is 51.2 Å². The van der Waals surface area contributed by atoms with Crippen LogP contribution in [0.3, 0.4) is 0 Å². The highest BCUT2D eigenvalue weighted by Crippen LogP contribution is 2.42. The maximum Gasteiger partial charge on any atom is 0.0490 e. The summed E-state index contributed by atoms with van der Waals surface area (Å²) in [4.78, 5) is 0. The molecule has 1 heterocycles. The molecule has 2 unspecified atom stereocenters. The lowest BCUT2D eigenvalue weighted by Crippen LogP contribution is -2.17. The zero-order valence-electron chi connectivity index (χ0n) is 8.91. The van der Waals surface area contributed by atoms with Gasteiger partial charge in [0.1, 0.15) is 0 Å². The summed E-state index contributed by atoms with van der Waals surface area (Å²) in [6.45, 7) is 6.80. The van der Waals surface area contributed by atoms with Gasteiger partial charge in [-0.05, 0) is 23.3 Å². The van der Waals surface area contributed by atoms with Crippen LogP contribution in [0.5, 0.6) is 0 Å². The van der Waals surface area contributed by atoms with E-state index >= 15 is 0 Å². The minimum absolute atomic E-state index is 0.270. The smallest absolute Gasteiger partial charge is 0.0490 e. The van der Waals surface area contributed by atoms with Gasteiger partial charge in [0.25, 0.3) is 0 Å². The Morgan fingerprint density at radius 1 is 1.43 bits per heavy atom. The number of thioether (sulfide) groups is 1. The summed E-state index contributed by atoms with van der Waals surface area (Å²) in [6.07, 6.45) is 8.14. The summed E-state index contributed by atoms with van der Waals surface area (Å²) in [7, 11) is 0. The first-order valence-corrected chi connectivity index (χ1v) is 6.35. The molecule has 2 rings (SSSR count). The number of thiocarbonyl (C=S) groups is 1. The van der Waals surface area contributed by atoms with E-state index < -0.39 is 0 Å². The third-order valence-electron chi connectivity index (χ3n) is 2.82. The molecule has 0 N–H and O–H groups in total. The van der Waals surface area contributed by atoms with Crippen LogP contribution >= 0.6 is 24.0 Å². The van der Waals surface area contributed by atoms with Crippen molar-refractivity contribution in [1.82, 2.24) is 0 Å². The van der Waals surface area contributed by atoms with Crippen LogP contribution in [0, 0.1) is 11.3 Å². The van der Waals surface area contributed by atoms with Gasteiger partial charge in [0, 0.05) is 9.45 Å². The Bertz CT molecular complexity index is 318. The Labute approximate surface area is 95.8 Å². The van der Waals surface area contributed by atoms with E-state index in [2.05, 4.69) is 39.0 Å². The average Bonchev–Trinajstić information content (AvgIpc) is 2.41. The highest BCUT2D eigenvalue weighted by atomic mass is 32.2. The van der Waals surface area contributed by atoms with Gasteiger partial charge < -0.3 is 0 Å². The van der Waals surface area contributed by atoms with E-state index in [1.807, 2.05) is 11.8 Å². The number of hydrogen-bond donors (Lipinski definition) is 0. The molecule has 0 bridgehead atoms. The highest BCUT2D eigenvalue weighted by Gasteiger charge is 2.32. The molecule has 1 saturated heterocycles. The van der Waals surface area contributed by atoms with Gasteiger partial charge in [-0.15, -0.1) is 11.8 Å². The molecule has 0 aromatic rings. The first-order valence-electron chi connectivity index (χ1n) is 5.07. The van der Waals surface area contributed by atoms with Gasteiger partial charge >= 0.3 is 0 Å². The van der Waals surface area contributed by atoms with Crippen molar-refractivity contribution < 1.29 is 0 Å². The normalized spacial score (nSPS) is 31.6. The lowest BCUT2D eigenvalue weighted by Gasteiger charge is -2.26. The zero-order chi connectivity index (χ0) is 10.3. The Morgan fingerprint density at radius 3 is 2.79 bits per heavy atom. The van der Waals surface area contributed by atoms with E-state index in [-0.39, 0.29) is 5.41 Å². The minimum Gasteiger partial charge on any atom is -0.111 e. The van der Waals surface area contributed by atoms with Crippen molar-refractivity contribution in [2.24, 2.45) is 11.3 Å². The largest absolute Gasteiger partial charge is 0.111 e. The second kappa shape index (κ2) is 3.49. The lowest BCUT2D eigenvalue weighted by atomic mass is 9.81. The molecule has 14 heavy (non-hydrogen) atoms. The van der Waals surface area contributed by atoms with Crippen molar-refractivity contribution in [1.29, 1.82) is 0 Å². The summed E-state index contributed by atoms with van der Waals surface area (Å²) < 4.78 is 1.18. The molecule has 0 amide bonds. The van der Waals surface area contributed by atoms with Crippen LogP contribution in [0.25, 0.3) is 0 Å². The SMILES string of the molecule is CC(C)(C)C1=CC2SC(=S)CC2C=C1. The maximum absolute atomic E-state index is 5.27. The van der Waals surface area contributed by atoms with Crippen molar-refractivity contribution in [3.63, 3.8) is 0 Å². The predicted molar refractivity (Wildman–Crippen MR) is 68.8 cm³/mol. The molecule has 76 valence electrons. The number of hydrogen-bond acceptors (Lipinski definition) is 2. The zero-order valence-corrected chi connectivity index (χ0v) is 10.5. The van der Waals surface area contributed by atoms with Gasteiger partial charge in [-0.25, -0.2) is 0 Å². The second-order valence-corrected chi connectivity index (χ2v) is 7.08. The van der Waals surface area contributed by atoms with Crippen LogP contribution in [0.15, 0.2) is 23.8 Å². The monoisotopic (exact) mass is 224 g/mol. The van der Waals surface area contributed by atoms with Crippen LogP contribution < -0.4 is 0 Å². The first-order chi connectivity index (χ1) is 6.47. The molecule has 0 nitrogen and oxygen atoms in total. The third-order valence-corrected chi connectivity index (χ3v) is 4.47. The molecular formula is C12H16S2. The maximum atomic E-state index is 5.27. The molecular weight excluding hydrogens is 208 g/mol. The highest BCUT2D eigenvalue weighted by molar-refractivity contribution is 8.24. The topological polar surface area (TPSA) is 0 Å². The van der Waals surface area contributed by atoms with Crippen molar-refractivity contribution in [2.75, 3.05) is 0 Å². The lowest BCUT2D eigenvalue weighted by molar-refractivity contribution is 0.508. The molecule has 0 radical (unpaired) electrons. The summed E-state index contributed by atoms with van der Waals surface area (Å²) in [5.41, 5.74) is 1.72. The number of fused-ring (bicyclic) bond motifs is 1. The molecule has 0 saturated carbocycles. The van der Waals surface area contributed by atoms with Crippen LogP contribution in [0.1, 0.15) is 27.2 Å². The summed E-state index contributed by atoms with van der Waals surface area (Å²) in [5.74, 6) is 0.665.